The van der Waals surface area contributed by atoms with E-state index >= 15 is 0 Å². The molecule has 0 heterocycles. The summed E-state index contributed by atoms with van der Waals surface area (Å²) in [5.74, 6) is 0.0850. The zero-order chi connectivity index (χ0) is 22.6. The molecule has 3 rings (SSSR count). The van der Waals surface area contributed by atoms with Gasteiger partial charge >= 0.3 is 0 Å². The summed E-state index contributed by atoms with van der Waals surface area (Å²) < 4.78 is 33.6. The Morgan fingerprint density at radius 3 is 2.26 bits per heavy atom. The maximum absolute atomic E-state index is 12.8. The molecule has 0 atom stereocenters. The van der Waals surface area contributed by atoms with E-state index in [2.05, 4.69) is 10.0 Å². The van der Waals surface area contributed by atoms with Crippen LogP contribution in [0.4, 0.5) is 11.4 Å². The van der Waals surface area contributed by atoms with E-state index in [0.717, 1.165) is 5.56 Å². The van der Waals surface area contributed by atoms with Crippen LogP contribution in [0.15, 0.2) is 65.6 Å². The lowest BCUT2D eigenvalue weighted by Crippen LogP contribution is -2.21. The molecule has 31 heavy (non-hydrogen) atoms. The van der Waals surface area contributed by atoms with E-state index in [-0.39, 0.29) is 11.5 Å². The van der Waals surface area contributed by atoms with Crippen molar-refractivity contribution in [3.05, 3.63) is 81.8 Å². The number of carbonyl (C=O) groups is 1. The average Bonchev–Trinajstić information content (AvgIpc) is 2.72. The largest absolute Gasteiger partial charge is 0.484 e. The fraction of sp³-hybridized carbons (Fsp3) is 0.136. The molecular weight excluding hydrogens is 459 g/mol. The minimum atomic E-state index is -3.87. The first kappa shape index (κ1) is 22.9. The third-order valence-corrected chi connectivity index (χ3v) is 6.56. The Morgan fingerprint density at radius 2 is 1.58 bits per heavy atom. The van der Waals surface area contributed by atoms with Gasteiger partial charge in [-0.2, -0.15) is 0 Å². The van der Waals surface area contributed by atoms with Crippen LogP contribution in [0.3, 0.4) is 0 Å². The highest BCUT2D eigenvalue weighted by Gasteiger charge is 2.18. The number of carbonyl (C=O) groups excluding carboxylic acids is 1. The van der Waals surface area contributed by atoms with Crippen molar-refractivity contribution in [3.63, 3.8) is 0 Å². The van der Waals surface area contributed by atoms with Crippen LogP contribution in [0, 0.1) is 13.8 Å². The van der Waals surface area contributed by atoms with E-state index in [0.29, 0.717) is 32.7 Å². The Hall–Kier alpha value is -2.74. The molecule has 0 fully saturated rings. The Bertz CT molecular complexity index is 1210. The number of hydrogen-bond donors (Lipinski definition) is 2. The molecule has 0 spiro atoms. The topological polar surface area (TPSA) is 84.5 Å². The molecule has 0 aromatic heterocycles. The SMILES string of the molecule is Cc1cc(OCC(=O)Nc2ccc(C)c(S(=O)(=O)Nc3ccc(Cl)cc3)c2)ccc1Cl. The number of aryl methyl sites for hydroxylation is 2. The van der Waals surface area contributed by atoms with Gasteiger partial charge in [-0.25, -0.2) is 8.42 Å². The maximum atomic E-state index is 12.8. The van der Waals surface area contributed by atoms with Crippen molar-refractivity contribution in [2.24, 2.45) is 0 Å². The number of hydrogen-bond acceptors (Lipinski definition) is 4. The van der Waals surface area contributed by atoms with Gasteiger partial charge in [0.2, 0.25) is 0 Å². The number of anilines is 2. The lowest BCUT2D eigenvalue weighted by Gasteiger charge is -2.13. The number of sulfonamides is 1. The lowest BCUT2D eigenvalue weighted by atomic mass is 10.2. The minimum Gasteiger partial charge on any atom is -0.484 e. The van der Waals surface area contributed by atoms with Gasteiger partial charge in [0.05, 0.1) is 4.90 Å². The molecule has 0 aliphatic heterocycles. The van der Waals surface area contributed by atoms with Gasteiger partial charge < -0.3 is 10.1 Å². The average molecular weight is 479 g/mol. The third kappa shape index (κ3) is 6.13. The van der Waals surface area contributed by atoms with Crippen molar-refractivity contribution in [1.82, 2.24) is 0 Å². The summed E-state index contributed by atoms with van der Waals surface area (Å²) in [7, 11) is -3.87. The normalized spacial score (nSPS) is 11.1. The van der Waals surface area contributed by atoms with Crippen LogP contribution >= 0.6 is 23.2 Å². The molecule has 1 amide bonds. The highest BCUT2D eigenvalue weighted by molar-refractivity contribution is 7.92. The van der Waals surface area contributed by atoms with Crippen LogP contribution in [0.5, 0.6) is 5.75 Å². The molecule has 0 aliphatic carbocycles. The first-order valence-electron chi connectivity index (χ1n) is 9.22. The second-order valence-electron chi connectivity index (χ2n) is 6.84. The second-order valence-corrected chi connectivity index (χ2v) is 9.33. The standard InChI is InChI=1S/C22H20Cl2N2O4S/c1-14-3-6-18(25-22(27)13-30-19-9-10-20(24)15(2)11-19)12-21(14)31(28,29)26-17-7-4-16(23)5-8-17/h3-12,26H,13H2,1-2H3,(H,25,27). The Morgan fingerprint density at radius 1 is 0.903 bits per heavy atom. The molecule has 9 heteroatoms. The minimum absolute atomic E-state index is 0.0505. The molecule has 6 nitrogen and oxygen atoms in total. The summed E-state index contributed by atoms with van der Waals surface area (Å²) in [5, 5.41) is 3.76. The highest BCUT2D eigenvalue weighted by Crippen LogP contribution is 2.24. The van der Waals surface area contributed by atoms with Crippen LogP contribution < -0.4 is 14.8 Å². The van der Waals surface area contributed by atoms with Gasteiger partial charge in [0.25, 0.3) is 15.9 Å². The van der Waals surface area contributed by atoms with Crippen LogP contribution in [0.1, 0.15) is 11.1 Å². The molecule has 0 aliphatic rings. The van der Waals surface area contributed by atoms with E-state index in [1.165, 1.54) is 6.07 Å². The fourth-order valence-electron chi connectivity index (χ4n) is 2.75. The zero-order valence-corrected chi connectivity index (χ0v) is 19.1. The van der Waals surface area contributed by atoms with Crippen molar-refractivity contribution in [3.8, 4) is 5.75 Å². The first-order chi connectivity index (χ1) is 14.6. The van der Waals surface area contributed by atoms with Crippen molar-refractivity contribution >= 4 is 50.5 Å². The highest BCUT2D eigenvalue weighted by atomic mass is 35.5. The molecule has 0 saturated carbocycles. The molecule has 0 radical (unpaired) electrons. The monoisotopic (exact) mass is 478 g/mol. The number of rotatable bonds is 7. The summed E-state index contributed by atoms with van der Waals surface area (Å²) in [4.78, 5) is 12.3. The summed E-state index contributed by atoms with van der Waals surface area (Å²) in [6, 6.07) is 16.0. The van der Waals surface area contributed by atoms with Crippen molar-refractivity contribution in [2.75, 3.05) is 16.6 Å². The maximum Gasteiger partial charge on any atom is 0.262 e. The van der Waals surface area contributed by atoms with Gasteiger partial charge in [0.1, 0.15) is 5.75 Å². The smallest absolute Gasteiger partial charge is 0.262 e. The van der Waals surface area contributed by atoms with Crippen LogP contribution in [0.2, 0.25) is 10.0 Å². The van der Waals surface area contributed by atoms with Gasteiger partial charge in [-0.1, -0.05) is 29.3 Å². The van der Waals surface area contributed by atoms with E-state index < -0.39 is 15.9 Å². The van der Waals surface area contributed by atoms with E-state index in [9.17, 15) is 13.2 Å². The molecule has 162 valence electrons. The van der Waals surface area contributed by atoms with E-state index in [4.69, 9.17) is 27.9 Å². The van der Waals surface area contributed by atoms with Crippen LogP contribution in [0.25, 0.3) is 0 Å². The molecule has 0 unspecified atom stereocenters. The summed E-state index contributed by atoms with van der Waals surface area (Å²) in [5.41, 5.74) is 2.08. The Labute approximate surface area is 191 Å². The summed E-state index contributed by atoms with van der Waals surface area (Å²) >= 11 is 11.8. The molecule has 3 aromatic rings. The number of halogens is 2. The first-order valence-corrected chi connectivity index (χ1v) is 11.5. The van der Waals surface area contributed by atoms with Gasteiger partial charge in [0.15, 0.2) is 6.61 Å². The van der Waals surface area contributed by atoms with Crippen molar-refractivity contribution in [1.29, 1.82) is 0 Å². The van der Waals surface area contributed by atoms with Crippen LogP contribution in [-0.4, -0.2) is 20.9 Å². The lowest BCUT2D eigenvalue weighted by molar-refractivity contribution is -0.118. The number of benzene rings is 3. The Kier molecular flexibility index (Phi) is 7.10. The zero-order valence-electron chi connectivity index (χ0n) is 16.8. The molecule has 0 bridgehead atoms. The van der Waals surface area contributed by atoms with Gasteiger partial charge in [-0.3, -0.25) is 9.52 Å². The molecule has 2 N–H and O–H groups in total. The van der Waals surface area contributed by atoms with E-state index in [1.54, 1.807) is 61.5 Å². The quantitative estimate of drug-likeness (QED) is 0.474. The van der Waals surface area contributed by atoms with Gasteiger partial charge in [-0.05, 0) is 79.6 Å². The van der Waals surface area contributed by atoms with Gasteiger partial charge in [-0.15, -0.1) is 0 Å². The van der Waals surface area contributed by atoms with Crippen LogP contribution in [-0.2, 0) is 14.8 Å². The molecular formula is C22H20Cl2N2O4S. The molecule has 0 saturated heterocycles. The van der Waals surface area contributed by atoms with Crippen molar-refractivity contribution in [2.45, 2.75) is 18.7 Å². The summed E-state index contributed by atoms with van der Waals surface area (Å²) in [6.07, 6.45) is 0. The Balaban J connectivity index is 1.70. The number of amides is 1. The number of nitrogens with one attached hydrogen (secondary N) is 2. The molecule has 3 aromatic carbocycles. The predicted octanol–water partition coefficient (Wildman–Crippen LogP) is 5.43. The third-order valence-electron chi connectivity index (χ3n) is 4.36. The van der Waals surface area contributed by atoms with Gasteiger partial charge in [0, 0.05) is 21.4 Å². The summed E-state index contributed by atoms with van der Waals surface area (Å²) in [6.45, 7) is 3.27. The number of ether oxygens (including phenoxy) is 1. The second kappa shape index (κ2) is 9.60. The fourth-order valence-corrected chi connectivity index (χ4v) is 4.32. The predicted molar refractivity (Wildman–Crippen MR) is 124 cm³/mol. The van der Waals surface area contributed by atoms with E-state index in [1.807, 2.05) is 6.92 Å². The van der Waals surface area contributed by atoms with Crippen molar-refractivity contribution < 1.29 is 17.9 Å².